The number of para-hydroxylation sites is 2. The minimum atomic E-state index is 0.530. The van der Waals surface area contributed by atoms with Crippen molar-refractivity contribution in [3.8, 4) is 0 Å². The zero-order valence-electron chi connectivity index (χ0n) is 9.98. The first-order chi connectivity index (χ1) is 7.85. The van der Waals surface area contributed by atoms with Crippen LogP contribution in [0.5, 0.6) is 0 Å². The summed E-state index contributed by atoms with van der Waals surface area (Å²) in [7, 11) is 2.03. The van der Waals surface area contributed by atoms with Crippen LogP contribution in [0.2, 0.25) is 0 Å². The van der Waals surface area contributed by atoms with Crippen LogP contribution in [0.15, 0.2) is 30.6 Å². The van der Waals surface area contributed by atoms with Crippen molar-refractivity contribution in [1.82, 2.24) is 14.9 Å². The summed E-state index contributed by atoms with van der Waals surface area (Å²) in [5, 5.41) is 3.36. The first-order valence-corrected chi connectivity index (χ1v) is 5.92. The van der Waals surface area contributed by atoms with Crippen molar-refractivity contribution < 1.29 is 0 Å². The van der Waals surface area contributed by atoms with Crippen LogP contribution in [0.1, 0.15) is 19.8 Å². The van der Waals surface area contributed by atoms with E-state index < -0.39 is 0 Å². The monoisotopic (exact) mass is 217 g/mol. The highest BCUT2D eigenvalue weighted by Gasteiger charge is 2.08. The van der Waals surface area contributed by atoms with Gasteiger partial charge in [-0.25, -0.2) is 4.98 Å². The van der Waals surface area contributed by atoms with Gasteiger partial charge in [-0.05, 0) is 25.6 Å². The Balaban J connectivity index is 2.20. The maximum Gasteiger partial charge on any atom is 0.0958 e. The van der Waals surface area contributed by atoms with Gasteiger partial charge in [-0.3, -0.25) is 0 Å². The lowest BCUT2D eigenvalue weighted by Gasteiger charge is -2.16. The third-order valence-electron chi connectivity index (χ3n) is 2.99. The molecule has 0 aliphatic heterocycles. The predicted molar refractivity (Wildman–Crippen MR) is 67.5 cm³/mol. The Labute approximate surface area is 96.5 Å². The van der Waals surface area contributed by atoms with Gasteiger partial charge in [-0.2, -0.15) is 0 Å². The Kier molecular flexibility index (Phi) is 3.57. The van der Waals surface area contributed by atoms with Crippen LogP contribution < -0.4 is 5.32 Å². The second kappa shape index (κ2) is 5.12. The quantitative estimate of drug-likeness (QED) is 0.833. The van der Waals surface area contributed by atoms with Gasteiger partial charge in [-0.15, -0.1) is 0 Å². The first-order valence-electron chi connectivity index (χ1n) is 5.92. The minimum absolute atomic E-state index is 0.530. The lowest BCUT2D eigenvalue weighted by molar-refractivity contribution is 0.454. The maximum atomic E-state index is 4.40. The number of fused-ring (bicyclic) bond motifs is 1. The van der Waals surface area contributed by atoms with Crippen molar-refractivity contribution in [2.45, 2.75) is 32.4 Å². The lowest BCUT2D eigenvalue weighted by Crippen LogP contribution is -2.29. The molecule has 0 amide bonds. The Hall–Kier alpha value is -1.35. The molecule has 0 saturated carbocycles. The van der Waals surface area contributed by atoms with E-state index in [4.69, 9.17) is 0 Å². The summed E-state index contributed by atoms with van der Waals surface area (Å²) in [6.45, 7) is 3.21. The number of imidazole rings is 1. The normalized spacial score (nSPS) is 13.1. The van der Waals surface area contributed by atoms with Crippen molar-refractivity contribution in [1.29, 1.82) is 0 Å². The van der Waals surface area contributed by atoms with Gasteiger partial charge in [0, 0.05) is 12.6 Å². The average Bonchev–Trinajstić information content (AvgIpc) is 2.72. The molecule has 0 aliphatic carbocycles. The van der Waals surface area contributed by atoms with E-state index in [1.165, 1.54) is 18.4 Å². The van der Waals surface area contributed by atoms with Gasteiger partial charge in [0.05, 0.1) is 17.4 Å². The zero-order chi connectivity index (χ0) is 11.4. The Bertz CT molecular complexity index is 447. The molecule has 16 heavy (non-hydrogen) atoms. The van der Waals surface area contributed by atoms with E-state index in [1.54, 1.807) is 0 Å². The topological polar surface area (TPSA) is 29.9 Å². The number of nitrogens with zero attached hydrogens (tertiary/aromatic N) is 2. The van der Waals surface area contributed by atoms with Gasteiger partial charge >= 0.3 is 0 Å². The molecule has 0 fully saturated rings. The molecule has 1 heterocycles. The molecule has 0 bridgehead atoms. The molecule has 2 aromatic rings. The third kappa shape index (κ3) is 2.25. The molecule has 1 aromatic heterocycles. The van der Waals surface area contributed by atoms with Crippen molar-refractivity contribution in [3.05, 3.63) is 30.6 Å². The van der Waals surface area contributed by atoms with Crippen LogP contribution in [0.3, 0.4) is 0 Å². The van der Waals surface area contributed by atoms with Gasteiger partial charge in [0.1, 0.15) is 0 Å². The Morgan fingerprint density at radius 1 is 1.38 bits per heavy atom. The van der Waals surface area contributed by atoms with Crippen LogP contribution in [0.4, 0.5) is 0 Å². The van der Waals surface area contributed by atoms with Crippen molar-refractivity contribution >= 4 is 11.0 Å². The molecule has 0 saturated heterocycles. The van der Waals surface area contributed by atoms with Crippen LogP contribution in [-0.2, 0) is 6.54 Å². The number of nitrogens with one attached hydrogen (secondary N) is 1. The molecule has 1 aromatic carbocycles. The smallest absolute Gasteiger partial charge is 0.0958 e. The number of benzene rings is 1. The molecule has 3 nitrogen and oxygen atoms in total. The number of hydrogen-bond acceptors (Lipinski definition) is 2. The molecule has 0 aliphatic rings. The summed E-state index contributed by atoms with van der Waals surface area (Å²) in [6, 6.07) is 8.81. The van der Waals surface area contributed by atoms with Crippen molar-refractivity contribution in [2.75, 3.05) is 7.05 Å². The second-order valence-electron chi connectivity index (χ2n) is 4.16. The highest BCUT2D eigenvalue weighted by atomic mass is 15.1. The standard InChI is InChI=1S/C13H19N3/c1-3-6-11(14-2)9-16-10-15-12-7-4-5-8-13(12)16/h4-5,7-8,10-11,14H,3,6,9H2,1-2H3. The highest BCUT2D eigenvalue weighted by molar-refractivity contribution is 5.74. The van der Waals surface area contributed by atoms with Crippen LogP contribution in [-0.4, -0.2) is 22.6 Å². The second-order valence-corrected chi connectivity index (χ2v) is 4.16. The molecule has 2 rings (SSSR count). The molecule has 86 valence electrons. The third-order valence-corrected chi connectivity index (χ3v) is 2.99. The number of rotatable bonds is 5. The molecule has 3 heteroatoms. The number of likely N-dealkylation sites (N-methyl/N-ethyl adjacent to an activating group) is 1. The molecule has 0 spiro atoms. The predicted octanol–water partition coefficient (Wildman–Crippen LogP) is 2.42. The minimum Gasteiger partial charge on any atom is -0.329 e. The fraction of sp³-hybridized carbons (Fsp3) is 0.462. The zero-order valence-corrected chi connectivity index (χ0v) is 9.98. The SMILES string of the molecule is CCCC(Cn1cnc2ccccc21)NC. The summed E-state index contributed by atoms with van der Waals surface area (Å²) < 4.78 is 2.23. The molecule has 1 N–H and O–H groups in total. The van der Waals surface area contributed by atoms with Gasteiger partial charge in [0.15, 0.2) is 0 Å². The lowest BCUT2D eigenvalue weighted by atomic mass is 10.1. The molecule has 1 unspecified atom stereocenters. The first kappa shape index (κ1) is 11.1. The van der Waals surface area contributed by atoms with Gasteiger partial charge in [0.25, 0.3) is 0 Å². The van der Waals surface area contributed by atoms with E-state index in [-0.39, 0.29) is 0 Å². The van der Waals surface area contributed by atoms with Crippen LogP contribution in [0.25, 0.3) is 11.0 Å². The number of hydrogen-bond donors (Lipinski definition) is 1. The van der Waals surface area contributed by atoms with E-state index in [0.717, 1.165) is 12.1 Å². The maximum absolute atomic E-state index is 4.40. The van der Waals surface area contributed by atoms with E-state index in [0.29, 0.717) is 6.04 Å². The van der Waals surface area contributed by atoms with E-state index in [2.05, 4.69) is 40.0 Å². The number of aromatic nitrogens is 2. The van der Waals surface area contributed by atoms with Crippen molar-refractivity contribution in [3.63, 3.8) is 0 Å². The molecular weight excluding hydrogens is 198 g/mol. The molecule has 0 radical (unpaired) electrons. The van der Waals surface area contributed by atoms with Crippen LogP contribution in [0, 0.1) is 0 Å². The van der Waals surface area contributed by atoms with Gasteiger partial charge in [0.2, 0.25) is 0 Å². The molecule has 1 atom stereocenters. The summed E-state index contributed by atoms with van der Waals surface area (Å²) in [5.41, 5.74) is 2.30. The van der Waals surface area contributed by atoms with E-state index in [1.807, 2.05) is 19.4 Å². The highest BCUT2D eigenvalue weighted by Crippen LogP contribution is 2.13. The van der Waals surface area contributed by atoms with Gasteiger partial charge < -0.3 is 9.88 Å². The van der Waals surface area contributed by atoms with E-state index in [9.17, 15) is 0 Å². The Morgan fingerprint density at radius 3 is 2.94 bits per heavy atom. The van der Waals surface area contributed by atoms with E-state index >= 15 is 0 Å². The summed E-state index contributed by atoms with van der Waals surface area (Å²) >= 11 is 0. The van der Waals surface area contributed by atoms with Crippen molar-refractivity contribution in [2.24, 2.45) is 0 Å². The largest absolute Gasteiger partial charge is 0.329 e. The van der Waals surface area contributed by atoms with Crippen LogP contribution >= 0.6 is 0 Å². The van der Waals surface area contributed by atoms with Gasteiger partial charge in [-0.1, -0.05) is 25.5 Å². The fourth-order valence-corrected chi connectivity index (χ4v) is 2.07. The Morgan fingerprint density at radius 2 is 2.19 bits per heavy atom. The molecular formula is C13H19N3. The summed E-state index contributed by atoms with van der Waals surface area (Å²) in [5.74, 6) is 0. The fourth-order valence-electron chi connectivity index (χ4n) is 2.07. The summed E-state index contributed by atoms with van der Waals surface area (Å²) in [4.78, 5) is 4.40. The average molecular weight is 217 g/mol. The summed E-state index contributed by atoms with van der Waals surface area (Å²) in [6.07, 6.45) is 4.34.